The van der Waals surface area contributed by atoms with E-state index in [9.17, 15) is 9.59 Å². The fourth-order valence-corrected chi connectivity index (χ4v) is 2.86. The summed E-state index contributed by atoms with van der Waals surface area (Å²) < 4.78 is 5.70. The summed E-state index contributed by atoms with van der Waals surface area (Å²) in [7, 11) is 0. The Balaban J connectivity index is 1.66. The van der Waals surface area contributed by atoms with E-state index in [1.54, 1.807) is 42.5 Å². The quantitative estimate of drug-likeness (QED) is 0.546. The Hall–Kier alpha value is -3.60. The Bertz CT molecular complexity index is 1030. The van der Waals surface area contributed by atoms with Crippen LogP contribution >= 0.6 is 0 Å². The van der Waals surface area contributed by atoms with Gasteiger partial charge in [-0.1, -0.05) is 38.1 Å². The van der Waals surface area contributed by atoms with Crippen molar-refractivity contribution in [2.75, 3.05) is 17.2 Å². The molecule has 5 heteroatoms. The van der Waals surface area contributed by atoms with E-state index in [0.717, 1.165) is 5.56 Å². The van der Waals surface area contributed by atoms with Crippen molar-refractivity contribution in [2.24, 2.45) is 5.92 Å². The summed E-state index contributed by atoms with van der Waals surface area (Å²) in [6.07, 6.45) is 0. The van der Waals surface area contributed by atoms with Crippen LogP contribution in [0.4, 0.5) is 11.4 Å². The lowest BCUT2D eigenvalue weighted by molar-refractivity contribution is 0.101. The van der Waals surface area contributed by atoms with E-state index in [0.29, 0.717) is 40.8 Å². The molecule has 3 aromatic carbocycles. The molecule has 2 amide bonds. The smallest absolute Gasteiger partial charge is 0.255 e. The van der Waals surface area contributed by atoms with Crippen LogP contribution < -0.4 is 15.4 Å². The minimum absolute atomic E-state index is 0.173. The van der Waals surface area contributed by atoms with Crippen LogP contribution in [0.25, 0.3) is 0 Å². The van der Waals surface area contributed by atoms with Crippen molar-refractivity contribution in [3.63, 3.8) is 0 Å². The van der Waals surface area contributed by atoms with Gasteiger partial charge in [0.05, 0.1) is 6.61 Å². The van der Waals surface area contributed by atoms with Gasteiger partial charge >= 0.3 is 0 Å². The van der Waals surface area contributed by atoms with Crippen LogP contribution in [-0.4, -0.2) is 18.4 Å². The molecule has 0 saturated carbocycles. The largest absolute Gasteiger partial charge is 0.493 e. The van der Waals surface area contributed by atoms with Crippen LogP contribution in [0.1, 0.15) is 40.1 Å². The van der Waals surface area contributed by atoms with E-state index >= 15 is 0 Å². The Kier molecular flexibility index (Phi) is 6.86. The van der Waals surface area contributed by atoms with Crippen LogP contribution in [0.15, 0.2) is 72.8 Å². The predicted octanol–water partition coefficient (Wildman–Crippen LogP) is 5.53. The van der Waals surface area contributed by atoms with Gasteiger partial charge in [0.1, 0.15) is 5.75 Å². The van der Waals surface area contributed by atoms with Crippen LogP contribution in [0.5, 0.6) is 5.75 Å². The van der Waals surface area contributed by atoms with Crippen molar-refractivity contribution in [2.45, 2.75) is 20.8 Å². The Morgan fingerprint density at radius 3 is 2.23 bits per heavy atom. The Morgan fingerprint density at radius 2 is 1.53 bits per heavy atom. The first-order chi connectivity index (χ1) is 14.4. The first kappa shape index (κ1) is 21.1. The zero-order valence-electron chi connectivity index (χ0n) is 17.4. The van der Waals surface area contributed by atoms with Crippen molar-refractivity contribution in [1.82, 2.24) is 0 Å². The van der Waals surface area contributed by atoms with Gasteiger partial charge in [0.25, 0.3) is 11.8 Å². The van der Waals surface area contributed by atoms with E-state index in [4.69, 9.17) is 4.74 Å². The average molecular weight is 402 g/mol. The van der Waals surface area contributed by atoms with Gasteiger partial charge in [0.15, 0.2) is 0 Å². The monoisotopic (exact) mass is 402 g/mol. The Morgan fingerprint density at radius 1 is 0.833 bits per heavy atom. The highest BCUT2D eigenvalue weighted by Gasteiger charge is 2.11. The molecule has 3 aromatic rings. The second-order valence-electron chi connectivity index (χ2n) is 7.54. The van der Waals surface area contributed by atoms with Crippen molar-refractivity contribution in [3.05, 3.63) is 89.5 Å². The second kappa shape index (κ2) is 9.74. The molecular weight excluding hydrogens is 376 g/mol. The third-order valence-corrected chi connectivity index (χ3v) is 4.45. The van der Waals surface area contributed by atoms with Crippen molar-refractivity contribution in [3.8, 4) is 5.75 Å². The third kappa shape index (κ3) is 5.70. The molecule has 0 aliphatic rings. The summed E-state index contributed by atoms with van der Waals surface area (Å²) in [6.45, 7) is 6.63. The molecule has 0 unspecified atom stereocenters. The van der Waals surface area contributed by atoms with Gasteiger partial charge in [-0.15, -0.1) is 0 Å². The Labute approximate surface area is 177 Å². The number of carbonyl (C=O) groups excluding carboxylic acids is 2. The molecule has 2 N–H and O–H groups in total. The predicted molar refractivity (Wildman–Crippen MR) is 120 cm³/mol. The highest BCUT2D eigenvalue weighted by atomic mass is 16.5. The molecule has 0 spiro atoms. The van der Waals surface area contributed by atoms with Gasteiger partial charge in [-0.2, -0.15) is 0 Å². The van der Waals surface area contributed by atoms with Crippen LogP contribution in [-0.2, 0) is 0 Å². The normalized spacial score (nSPS) is 10.5. The first-order valence-electron chi connectivity index (χ1n) is 9.93. The molecule has 0 radical (unpaired) electrons. The molecule has 0 bridgehead atoms. The molecular formula is C25H26N2O3. The van der Waals surface area contributed by atoms with E-state index < -0.39 is 0 Å². The minimum Gasteiger partial charge on any atom is -0.493 e. The summed E-state index contributed by atoms with van der Waals surface area (Å²) in [5, 5.41) is 5.80. The number of anilines is 2. The number of nitrogens with one attached hydrogen (secondary N) is 2. The maximum atomic E-state index is 12.6. The number of amides is 2. The topological polar surface area (TPSA) is 67.4 Å². The lowest BCUT2D eigenvalue weighted by Gasteiger charge is -2.12. The maximum absolute atomic E-state index is 12.6. The van der Waals surface area contributed by atoms with E-state index in [1.165, 1.54) is 0 Å². The molecule has 3 rings (SSSR count). The lowest BCUT2D eigenvalue weighted by atomic mass is 10.1. The molecule has 0 aliphatic heterocycles. The molecule has 0 aliphatic carbocycles. The molecule has 5 nitrogen and oxygen atoms in total. The number of aryl methyl sites for hydroxylation is 1. The van der Waals surface area contributed by atoms with Gasteiger partial charge in [-0.05, 0) is 66.9 Å². The number of rotatable bonds is 7. The lowest BCUT2D eigenvalue weighted by Crippen LogP contribution is -2.14. The average Bonchev–Trinajstić information content (AvgIpc) is 2.75. The zero-order chi connectivity index (χ0) is 21.5. The van der Waals surface area contributed by atoms with Crippen LogP contribution in [0, 0.1) is 12.8 Å². The van der Waals surface area contributed by atoms with E-state index in [1.807, 2.05) is 37.3 Å². The fourth-order valence-electron chi connectivity index (χ4n) is 2.86. The van der Waals surface area contributed by atoms with Crippen molar-refractivity contribution in [1.29, 1.82) is 0 Å². The van der Waals surface area contributed by atoms with Gasteiger partial charge < -0.3 is 15.4 Å². The summed E-state index contributed by atoms with van der Waals surface area (Å²) in [4.78, 5) is 25.0. The SMILES string of the molecule is Cc1cc(NC(=O)c2cccc(OCC(C)C)c2)ccc1NC(=O)c1ccccc1. The zero-order valence-corrected chi connectivity index (χ0v) is 17.4. The number of hydrogen-bond acceptors (Lipinski definition) is 3. The van der Waals surface area contributed by atoms with E-state index in [2.05, 4.69) is 24.5 Å². The highest BCUT2D eigenvalue weighted by Crippen LogP contribution is 2.22. The van der Waals surface area contributed by atoms with E-state index in [-0.39, 0.29) is 11.8 Å². The van der Waals surface area contributed by atoms with Crippen molar-refractivity contribution >= 4 is 23.2 Å². The maximum Gasteiger partial charge on any atom is 0.255 e. The first-order valence-corrected chi connectivity index (χ1v) is 9.93. The fraction of sp³-hybridized carbons (Fsp3) is 0.200. The van der Waals surface area contributed by atoms with Crippen molar-refractivity contribution < 1.29 is 14.3 Å². The van der Waals surface area contributed by atoms with Gasteiger partial charge in [-0.25, -0.2) is 0 Å². The minimum atomic E-state index is -0.217. The summed E-state index contributed by atoms with van der Waals surface area (Å²) in [5.74, 6) is 0.692. The summed E-state index contributed by atoms with van der Waals surface area (Å²) in [5.41, 5.74) is 3.32. The number of ether oxygens (including phenoxy) is 1. The molecule has 30 heavy (non-hydrogen) atoms. The number of benzene rings is 3. The second-order valence-corrected chi connectivity index (χ2v) is 7.54. The number of carbonyl (C=O) groups is 2. The third-order valence-electron chi connectivity index (χ3n) is 4.45. The van der Waals surface area contributed by atoms with Crippen LogP contribution in [0.3, 0.4) is 0 Å². The van der Waals surface area contributed by atoms with Gasteiger partial charge in [-0.3, -0.25) is 9.59 Å². The molecule has 0 saturated heterocycles. The van der Waals surface area contributed by atoms with Gasteiger partial charge in [0, 0.05) is 22.5 Å². The molecule has 0 atom stereocenters. The molecule has 0 fully saturated rings. The summed E-state index contributed by atoms with van der Waals surface area (Å²) >= 11 is 0. The summed E-state index contributed by atoms with van der Waals surface area (Å²) in [6, 6.07) is 21.5. The number of hydrogen-bond donors (Lipinski definition) is 2. The standard InChI is InChI=1S/C25H26N2O3/c1-17(2)16-30-22-11-7-10-20(15-22)25(29)26-21-12-13-23(18(3)14-21)27-24(28)19-8-5-4-6-9-19/h4-15,17H,16H2,1-3H3,(H,26,29)(H,27,28). The highest BCUT2D eigenvalue weighted by molar-refractivity contribution is 6.06. The van der Waals surface area contributed by atoms with Crippen LogP contribution in [0.2, 0.25) is 0 Å². The van der Waals surface area contributed by atoms with Gasteiger partial charge in [0.2, 0.25) is 0 Å². The molecule has 154 valence electrons. The molecule has 0 heterocycles. The molecule has 0 aromatic heterocycles.